The molecule has 70 valence electrons. The Morgan fingerprint density at radius 2 is 2.50 bits per heavy atom. The van der Waals surface area contributed by atoms with Crippen molar-refractivity contribution in [1.82, 2.24) is 0 Å². The molecule has 1 rings (SSSR count). The molecule has 0 bridgehead atoms. The number of ketones is 1. The van der Waals surface area contributed by atoms with Crippen molar-refractivity contribution in [3.63, 3.8) is 0 Å². The molecule has 0 N–H and O–H groups in total. The molecule has 0 radical (unpaired) electrons. The van der Waals surface area contributed by atoms with Crippen LogP contribution in [0, 0.1) is 0 Å². The summed E-state index contributed by atoms with van der Waals surface area (Å²) in [4.78, 5) is 10.8. The minimum absolute atomic E-state index is 0.130. The molecule has 1 aliphatic heterocycles. The Bertz CT molecular complexity index is 135. The Kier molecular flexibility index (Phi) is 4.25. The highest BCUT2D eigenvalue weighted by Gasteiger charge is 2.18. The summed E-state index contributed by atoms with van der Waals surface area (Å²) >= 11 is 0. The number of carbonyl (C=O) groups is 1. The lowest BCUT2D eigenvalue weighted by molar-refractivity contribution is -0.172. The zero-order chi connectivity index (χ0) is 8.81. The first-order valence-corrected chi connectivity index (χ1v) is 4.58. The Balaban J connectivity index is 2.05. The number of hydrogen-bond acceptors (Lipinski definition) is 3. The third kappa shape index (κ3) is 3.32. The predicted molar refractivity (Wildman–Crippen MR) is 44.8 cm³/mol. The van der Waals surface area contributed by atoms with E-state index in [9.17, 15) is 4.79 Å². The maximum Gasteiger partial charge on any atom is 0.158 e. The Labute approximate surface area is 73.0 Å². The summed E-state index contributed by atoms with van der Waals surface area (Å²) in [5, 5.41) is 0. The van der Waals surface area contributed by atoms with Gasteiger partial charge in [0.15, 0.2) is 12.1 Å². The molecular formula is C9H16O3. The van der Waals surface area contributed by atoms with Gasteiger partial charge in [-0.2, -0.15) is 0 Å². The van der Waals surface area contributed by atoms with E-state index in [1.807, 2.05) is 0 Å². The Morgan fingerprint density at radius 3 is 3.08 bits per heavy atom. The fraction of sp³-hybridized carbons (Fsp3) is 0.889. The fourth-order valence-electron chi connectivity index (χ4n) is 1.11. The van der Waals surface area contributed by atoms with E-state index in [2.05, 4.69) is 6.92 Å². The van der Waals surface area contributed by atoms with Crippen LogP contribution in [0.1, 0.15) is 32.6 Å². The quantitative estimate of drug-likeness (QED) is 0.603. The molecule has 0 aromatic heterocycles. The fourth-order valence-corrected chi connectivity index (χ4v) is 1.11. The SMILES string of the molecule is CCCCOC1CCC(=O)CO1. The molecule has 0 saturated carbocycles. The van der Waals surface area contributed by atoms with Gasteiger partial charge in [-0.1, -0.05) is 13.3 Å². The van der Waals surface area contributed by atoms with Crippen molar-refractivity contribution in [3.05, 3.63) is 0 Å². The molecule has 1 unspecified atom stereocenters. The third-order valence-corrected chi connectivity index (χ3v) is 1.89. The zero-order valence-corrected chi connectivity index (χ0v) is 7.54. The molecule has 1 fully saturated rings. The van der Waals surface area contributed by atoms with E-state index in [4.69, 9.17) is 9.47 Å². The highest BCUT2D eigenvalue weighted by Crippen LogP contribution is 2.11. The molecule has 1 saturated heterocycles. The van der Waals surface area contributed by atoms with Crippen molar-refractivity contribution in [2.24, 2.45) is 0 Å². The Hall–Kier alpha value is -0.410. The summed E-state index contributed by atoms with van der Waals surface area (Å²) in [5.74, 6) is 0.186. The molecule has 1 aliphatic rings. The van der Waals surface area contributed by atoms with E-state index in [1.165, 1.54) is 0 Å². The smallest absolute Gasteiger partial charge is 0.158 e. The highest BCUT2D eigenvalue weighted by molar-refractivity contribution is 5.80. The van der Waals surface area contributed by atoms with Crippen LogP contribution in [0.2, 0.25) is 0 Å². The number of ether oxygens (including phenoxy) is 2. The van der Waals surface area contributed by atoms with Gasteiger partial charge >= 0.3 is 0 Å². The molecule has 1 atom stereocenters. The van der Waals surface area contributed by atoms with Crippen LogP contribution in [0.25, 0.3) is 0 Å². The number of rotatable bonds is 4. The van der Waals surface area contributed by atoms with Crippen molar-refractivity contribution in [2.75, 3.05) is 13.2 Å². The normalized spacial score (nSPS) is 24.4. The maximum absolute atomic E-state index is 10.8. The van der Waals surface area contributed by atoms with Gasteiger partial charge in [0.1, 0.15) is 6.61 Å². The summed E-state index contributed by atoms with van der Waals surface area (Å²) in [6.07, 6.45) is 3.40. The molecule has 0 aromatic rings. The summed E-state index contributed by atoms with van der Waals surface area (Å²) in [7, 11) is 0. The number of carbonyl (C=O) groups excluding carboxylic acids is 1. The van der Waals surface area contributed by atoms with Gasteiger partial charge in [-0.05, 0) is 6.42 Å². The Morgan fingerprint density at radius 1 is 1.67 bits per heavy atom. The van der Waals surface area contributed by atoms with Gasteiger partial charge < -0.3 is 9.47 Å². The minimum atomic E-state index is -0.130. The molecule has 3 nitrogen and oxygen atoms in total. The van der Waals surface area contributed by atoms with E-state index in [0.29, 0.717) is 6.42 Å². The van der Waals surface area contributed by atoms with Crippen LogP contribution in [0.5, 0.6) is 0 Å². The van der Waals surface area contributed by atoms with Crippen LogP contribution in [0.15, 0.2) is 0 Å². The van der Waals surface area contributed by atoms with Gasteiger partial charge in [0, 0.05) is 19.4 Å². The molecule has 0 spiro atoms. The lowest BCUT2D eigenvalue weighted by Crippen LogP contribution is -2.28. The number of hydrogen-bond donors (Lipinski definition) is 0. The minimum Gasteiger partial charge on any atom is -0.353 e. The first kappa shape index (κ1) is 9.68. The largest absolute Gasteiger partial charge is 0.353 e. The zero-order valence-electron chi connectivity index (χ0n) is 7.54. The van der Waals surface area contributed by atoms with Gasteiger partial charge in [0.05, 0.1) is 0 Å². The van der Waals surface area contributed by atoms with Crippen molar-refractivity contribution < 1.29 is 14.3 Å². The van der Waals surface area contributed by atoms with E-state index in [0.717, 1.165) is 25.9 Å². The summed E-state index contributed by atoms with van der Waals surface area (Å²) in [6, 6.07) is 0. The molecular weight excluding hydrogens is 156 g/mol. The molecule has 1 heterocycles. The molecule has 0 aliphatic carbocycles. The average molecular weight is 172 g/mol. The molecule has 0 aromatic carbocycles. The lowest BCUT2D eigenvalue weighted by Gasteiger charge is -2.21. The second-order valence-corrected chi connectivity index (χ2v) is 3.04. The van der Waals surface area contributed by atoms with Crippen molar-refractivity contribution >= 4 is 5.78 Å². The standard InChI is InChI=1S/C9H16O3/c1-2-3-6-11-9-5-4-8(10)7-12-9/h9H,2-7H2,1H3. The van der Waals surface area contributed by atoms with Crippen molar-refractivity contribution in [1.29, 1.82) is 0 Å². The number of unbranched alkanes of at least 4 members (excludes halogenated alkanes) is 1. The first-order valence-electron chi connectivity index (χ1n) is 4.58. The van der Waals surface area contributed by atoms with E-state index in [1.54, 1.807) is 0 Å². The molecule has 12 heavy (non-hydrogen) atoms. The topological polar surface area (TPSA) is 35.5 Å². The van der Waals surface area contributed by atoms with Gasteiger partial charge in [-0.25, -0.2) is 0 Å². The van der Waals surface area contributed by atoms with E-state index >= 15 is 0 Å². The van der Waals surface area contributed by atoms with Crippen LogP contribution in [-0.2, 0) is 14.3 Å². The second kappa shape index (κ2) is 5.27. The van der Waals surface area contributed by atoms with Crippen LogP contribution in [0.4, 0.5) is 0 Å². The summed E-state index contributed by atoms with van der Waals surface area (Å²) < 4.78 is 10.6. The van der Waals surface area contributed by atoms with Crippen LogP contribution < -0.4 is 0 Å². The first-order chi connectivity index (χ1) is 5.83. The predicted octanol–water partition coefficient (Wildman–Crippen LogP) is 1.51. The maximum atomic E-state index is 10.8. The van der Waals surface area contributed by atoms with Crippen molar-refractivity contribution in [3.8, 4) is 0 Å². The number of Topliss-reactive ketones (excluding diaryl/α,β-unsaturated/α-hetero) is 1. The van der Waals surface area contributed by atoms with Crippen LogP contribution in [-0.4, -0.2) is 25.3 Å². The van der Waals surface area contributed by atoms with Gasteiger partial charge in [0.25, 0.3) is 0 Å². The van der Waals surface area contributed by atoms with Gasteiger partial charge in [-0.3, -0.25) is 4.79 Å². The van der Waals surface area contributed by atoms with Crippen LogP contribution in [0.3, 0.4) is 0 Å². The van der Waals surface area contributed by atoms with Crippen molar-refractivity contribution in [2.45, 2.75) is 38.9 Å². The molecule has 0 amide bonds. The monoisotopic (exact) mass is 172 g/mol. The van der Waals surface area contributed by atoms with Gasteiger partial charge in [-0.15, -0.1) is 0 Å². The van der Waals surface area contributed by atoms with Crippen LogP contribution >= 0.6 is 0 Å². The lowest BCUT2D eigenvalue weighted by atomic mass is 10.2. The molecule has 3 heteroatoms. The summed E-state index contributed by atoms with van der Waals surface area (Å²) in [6.45, 7) is 3.10. The van der Waals surface area contributed by atoms with E-state index in [-0.39, 0.29) is 18.7 Å². The highest BCUT2D eigenvalue weighted by atomic mass is 16.7. The average Bonchev–Trinajstić information content (AvgIpc) is 2.09. The second-order valence-electron chi connectivity index (χ2n) is 3.04. The summed E-state index contributed by atoms with van der Waals surface area (Å²) in [5.41, 5.74) is 0. The van der Waals surface area contributed by atoms with Gasteiger partial charge in [0.2, 0.25) is 0 Å². The van der Waals surface area contributed by atoms with E-state index < -0.39 is 0 Å². The third-order valence-electron chi connectivity index (χ3n) is 1.89.